The molecule has 2 amide bonds. The third-order valence-electron chi connectivity index (χ3n) is 3.27. The predicted octanol–water partition coefficient (Wildman–Crippen LogP) is 2.07. The van der Waals surface area contributed by atoms with Crippen LogP contribution in [0.5, 0.6) is 0 Å². The Balaban J connectivity index is 1.91. The molecule has 7 heteroatoms. The summed E-state index contributed by atoms with van der Waals surface area (Å²) in [7, 11) is 1.77. The quantitative estimate of drug-likeness (QED) is 0.791. The first-order valence-corrected chi connectivity index (χ1v) is 7.69. The first-order valence-electron chi connectivity index (χ1n) is 6.75. The van der Waals surface area contributed by atoms with Gasteiger partial charge in [-0.2, -0.15) is 16.4 Å². The highest BCUT2D eigenvalue weighted by molar-refractivity contribution is 7.08. The van der Waals surface area contributed by atoms with E-state index < -0.39 is 5.60 Å². The van der Waals surface area contributed by atoms with Gasteiger partial charge in [0, 0.05) is 13.1 Å². The first-order chi connectivity index (χ1) is 9.92. The van der Waals surface area contributed by atoms with Crippen molar-refractivity contribution in [2.24, 2.45) is 7.05 Å². The molecule has 0 fully saturated rings. The summed E-state index contributed by atoms with van der Waals surface area (Å²) >= 11 is 1.51. The van der Waals surface area contributed by atoms with Crippen molar-refractivity contribution in [3.63, 3.8) is 0 Å². The molecule has 0 aliphatic heterocycles. The van der Waals surface area contributed by atoms with Crippen molar-refractivity contribution in [3.8, 4) is 0 Å². The number of carbonyl (C=O) groups is 1. The molecule has 0 spiro atoms. The van der Waals surface area contributed by atoms with Gasteiger partial charge in [-0.3, -0.25) is 10.00 Å². The Kier molecular flexibility index (Phi) is 4.64. The number of aryl methyl sites for hydroxylation is 2. The van der Waals surface area contributed by atoms with Gasteiger partial charge in [-0.25, -0.2) is 4.79 Å². The molecule has 2 rings (SSSR count). The Morgan fingerprint density at radius 1 is 1.57 bits per heavy atom. The van der Waals surface area contributed by atoms with Crippen LogP contribution in [0.25, 0.3) is 0 Å². The van der Waals surface area contributed by atoms with Gasteiger partial charge in [-0.1, -0.05) is 6.92 Å². The summed E-state index contributed by atoms with van der Waals surface area (Å²) in [6.45, 7) is 3.81. The van der Waals surface area contributed by atoms with Gasteiger partial charge in [0.25, 0.3) is 0 Å². The van der Waals surface area contributed by atoms with Crippen molar-refractivity contribution in [1.82, 2.24) is 15.1 Å². The molecule has 0 saturated carbocycles. The molecule has 0 aromatic carbocycles. The highest BCUT2D eigenvalue weighted by atomic mass is 32.1. The average Bonchev–Trinajstić information content (AvgIpc) is 3.07. The first kappa shape index (κ1) is 15.5. The number of nitrogens with zero attached hydrogens (tertiary/aromatic N) is 2. The van der Waals surface area contributed by atoms with E-state index in [1.54, 1.807) is 18.7 Å². The minimum Gasteiger partial charge on any atom is -0.384 e. The van der Waals surface area contributed by atoms with E-state index in [1.165, 1.54) is 11.3 Å². The highest BCUT2D eigenvalue weighted by Gasteiger charge is 2.24. The van der Waals surface area contributed by atoms with E-state index in [0.717, 1.165) is 17.7 Å². The number of urea groups is 1. The van der Waals surface area contributed by atoms with Crippen LogP contribution >= 0.6 is 11.3 Å². The molecule has 1 atom stereocenters. The lowest BCUT2D eigenvalue weighted by Crippen LogP contribution is -2.40. The minimum absolute atomic E-state index is 0.133. The maximum atomic E-state index is 11.9. The zero-order valence-electron chi connectivity index (χ0n) is 12.4. The van der Waals surface area contributed by atoms with E-state index in [9.17, 15) is 9.90 Å². The molecule has 6 nitrogen and oxygen atoms in total. The topological polar surface area (TPSA) is 79.2 Å². The maximum absolute atomic E-state index is 11.9. The fourth-order valence-corrected chi connectivity index (χ4v) is 2.69. The summed E-state index contributed by atoms with van der Waals surface area (Å²) in [5, 5.41) is 23.8. The van der Waals surface area contributed by atoms with Crippen LogP contribution in [0.4, 0.5) is 10.6 Å². The molecule has 2 heterocycles. The lowest BCUT2D eigenvalue weighted by Gasteiger charge is -2.22. The average molecular weight is 308 g/mol. The molecule has 0 radical (unpaired) electrons. The molecule has 0 unspecified atom stereocenters. The van der Waals surface area contributed by atoms with Crippen LogP contribution in [0.1, 0.15) is 25.1 Å². The van der Waals surface area contributed by atoms with Crippen molar-refractivity contribution in [2.75, 3.05) is 11.9 Å². The Morgan fingerprint density at radius 3 is 2.90 bits per heavy atom. The normalized spacial score (nSPS) is 13.7. The van der Waals surface area contributed by atoms with Crippen molar-refractivity contribution >= 4 is 23.2 Å². The van der Waals surface area contributed by atoms with Crippen LogP contribution in [0.2, 0.25) is 0 Å². The van der Waals surface area contributed by atoms with Gasteiger partial charge < -0.3 is 10.4 Å². The highest BCUT2D eigenvalue weighted by Crippen LogP contribution is 2.22. The van der Waals surface area contributed by atoms with Crippen LogP contribution in [0.3, 0.4) is 0 Å². The second-order valence-electron chi connectivity index (χ2n) is 5.09. The SMILES string of the molecule is CCc1cc(NC(=O)NC[C@@](C)(O)c2ccsc2)n(C)n1. The van der Waals surface area contributed by atoms with Crippen molar-refractivity contribution < 1.29 is 9.90 Å². The number of carbonyl (C=O) groups excluding carboxylic acids is 1. The number of nitrogens with one attached hydrogen (secondary N) is 2. The third kappa shape index (κ3) is 3.83. The standard InChI is InChI=1S/C14H20N4O2S/c1-4-11-7-12(18(3)17-11)16-13(19)15-9-14(2,20)10-5-6-21-8-10/h5-8,20H,4,9H2,1-3H3,(H2,15,16,19)/t14-/m1/s1. The molecular weight excluding hydrogens is 288 g/mol. The maximum Gasteiger partial charge on any atom is 0.320 e. The van der Waals surface area contributed by atoms with Crippen molar-refractivity contribution in [3.05, 3.63) is 34.2 Å². The van der Waals surface area contributed by atoms with Crippen molar-refractivity contribution in [2.45, 2.75) is 25.9 Å². The van der Waals surface area contributed by atoms with Crippen LogP contribution in [-0.2, 0) is 19.1 Å². The zero-order chi connectivity index (χ0) is 15.5. The predicted molar refractivity (Wildman–Crippen MR) is 83.5 cm³/mol. The van der Waals surface area contributed by atoms with Gasteiger partial charge in [0.05, 0.1) is 12.2 Å². The smallest absolute Gasteiger partial charge is 0.320 e. The van der Waals surface area contributed by atoms with Crippen LogP contribution in [-0.4, -0.2) is 27.5 Å². The van der Waals surface area contributed by atoms with E-state index in [4.69, 9.17) is 0 Å². The molecule has 114 valence electrons. The van der Waals surface area contributed by atoms with Gasteiger partial charge in [0.15, 0.2) is 0 Å². The molecule has 21 heavy (non-hydrogen) atoms. The summed E-state index contributed by atoms with van der Waals surface area (Å²) in [6, 6.07) is 3.31. The van der Waals surface area contributed by atoms with E-state index in [2.05, 4.69) is 15.7 Å². The van der Waals surface area contributed by atoms with Crippen LogP contribution < -0.4 is 10.6 Å². The van der Waals surface area contributed by atoms with E-state index in [1.807, 2.05) is 29.8 Å². The zero-order valence-corrected chi connectivity index (χ0v) is 13.2. The number of rotatable bonds is 5. The number of thiophene rings is 1. The number of aromatic nitrogens is 2. The van der Waals surface area contributed by atoms with Gasteiger partial charge in [0.2, 0.25) is 0 Å². The molecule has 0 aliphatic rings. The van der Waals surface area contributed by atoms with Gasteiger partial charge in [0.1, 0.15) is 11.4 Å². The van der Waals surface area contributed by atoms with E-state index >= 15 is 0 Å². The molecule has 2 aromatic rings. The summed E-state index contributed by atoms with van der Waals surface area (Å²) < 4.78 is 1.62. The molecular formula is C14H20N4O2S. The number of anilines is 1. The van der Waals surface area contributed by atoms with E-state index in [0.29, 0.717) is 5.82 Å². The number of aliphatic hydroxyl groups is 1. The monoisotopic (exact) mass is 308 g/mol. The molecule has 3 N–H and O–H groups in total. The Morgan fingerprint density at radius 2 is 2.33 bits per heavy atom. The number of hydrogen-bond acceptors (Lipinski definition) is 4. The number of hydrogen-bond donors (Lipinski definition) is 3. The molecule has 0 saturated heterocycles. The Hall–Kier alpha value is -1.86. The third-order valence-corrected chi connectivity index (χ3v) is 3.95. The minimum atomic E-state index is -1.08. The summed E-state index contributed by atoms with van der Waals surface area (Å²) in [5.41, 5.74) is 0.623. The number of amides is 2. The molecule has 2 aromatic heterocycles. The van der Waals surface area contributed by atoms with Crippen molar-refractivity contribution in [1.29, 1.82) is 0 Å². The van der Waals surface area contributed by atoms with Crippen LogP contribution in [0, 0.1) is 0 Å². The Labute approximate surface area is 127 Å². The summed E-state index contributed by atoms with van der Waals surface area (Å²) in [4.78, 5) is 11.9. The van der Waals surface area contributed by atoms with Gasteiger partial charge in [-0.05, 0) is 35.7 Å². The fraction of sp³-hybridized carbons (Fsp3) is 0.429. The van der Waals surface area contributed by atoms with Crippen LogP contribution in [0.15, 0.2) is 22.9 Å². The van der Waals surface area contributed by atoms with E-state index in [-0.39, 0.29) is 12.6 Å². The summed E-state index contributed by atoms with van der Waals surface area (Å²) in [5.74, 6) is 0.625. The largest absolute Gasteiger partial charge is 0.384 e. The summed E-state index contributed by atoms with van der Waals surface area (Å²) in [6.07, 6.45) is 0.810. The second kappa shape index (κ2) is 6.28. The van der Waals surface area contributed by atoms with Gasteiger partial charge >= 0.3 is 6.03 Å². The Bertz CT molecular complexity index is 605. The lowest BCUT2D eigenvalue weighted by molar-refractivity contribution is 0.0604. The molecule has 0 aliphatic carbocycles. The van der Waals surface area contributed by atoms with Gasteiger partial charge in [-0.15, -0.1) is 0 Å². The lowest BCUT2D eigenvalue weighted by atomic mass is 9.99. The fourth-order valence-electron chi connectivity index (χ4n) is 1.90. The molecule has 0 bridgehead atoms. The second-order valence-corrected chi connectivity index (χ2v) is 5.87.